The molecule has 0 radical (unpaired) electrons. The van der Waals surface area contributed by atoms with Gasteiger partial charge in [0.1, 0.15) is 6.04 Å². The van der Waals surface area contributed by atoms with Crippen LogP contribution in [0.5, 0.6) is 0 Å². The summed E-state index contributed by atoms with van der Waals surface area (Å²) in [5.74, 6) is -0.620. The van der Waals surface area contributed by atoms with Crippen molar-refractivity contribution in [2.24, 2.45) is 5.73 Å². The van der Waals surface area contributed by atoms with E-state index >= 15 is 0 Å². The smallest absolute Gasteiger partial charge is 0.408 e. The molecule has 92 valence electrons. The molecule has 3 N–H and O–H groups in total. The summed E-state index contributed by atoms with van der Waals surface area (Å²) in [6, 6.07) is 8.32. The second-order valence-corrected chi connectivity index (χ2v) is 3.72. The van der Waals surface area contributed by atoms with Crippen LogP contribution in [-0.2, 0) is 11.3 Å². The Morgan fingerprint density at radius 1 is 1.35 bits per heavy atom. The molecule has 0 aliphatic carbocycles. The minimum atomic E-state index is -1.14. The van der Waals surface area contributed by atoms with E-state index in [0.717, 1.165) is 10.5 Å². The number of amides is 2. The van der Waals surface area contributed by atoms with Gasteiger partial charge in [0.25, 0.3) is 0 Å². The Balaban J connectivity index is 2.87. The topological polar surface area (TPSA) is 83.6 Å². The van der Waals surface area contributed by atoms with Crippen molar-refractivity contribution >= 4 is 12.0 Å². The van der Waals surface area contributed by atoms with Crippen molar-refractivity contribution in [1.29, 1.82) is 0 Å². The molecule has 1 aromatic rings. The van der Waals surface area contributed by atoms with E-state index in [9.17, 15) is 9.59 Å². The van der Waals surface area contributed by atoms with Crippen molar-refractivity contribution in [3.05, 3.63) is 35.9 Å². The van der Waals surface area contributed by atoms with Crippen molar-refractivity contribution in [3.8, 4) is 0 Å². The Labute approximate surface area is 99.8 Å². The number of carbonyl (C=O) groups is 2. The zero-order chi connectivity index (χ0) is 12.8. The molecule has 0 aromatic heterocycles. The minimum absolute atomic E-state index is 0.164. The number of benzene rings is 1. The molecule has 0 unspecified atom stereocenters. The van der Waals surface area contributed by atoms with Gasteiger partial charge in [-0.1, -0.05) is 37.3 Å². The van der Waals surface area contributed by atoms with Gasteiger partial charge >= 0.3 is 6.09 Å². The van der Waals surface area contributed by atoms with Crippen LogP contribution in [0.1, 0.15) is 18.9 Å². The number of carboxylic acid groups (broad SMARTS) is 1. The van der Waals surface area contributed by atoms with Crippen molar-refractivity contribution in [2.75, 3.05) is 0 Å². The zero-order valence-electron chi connectivity index (χ0n) is 9.67. The van der Waals surface area contributed by atoms with Gasteiger partial charge in [-0.05, 0) is 12.0 Å². The van der Waals surface area contributed by atoms with Crippen molar-refractivity contribution < 1.29 is 14.7 Å². The molecular formula is C12H16N2O3. The van der Waals surface area contributed by atoms with E-state index in [0.29, 0.717) is 6.42 Å². The van der Waals surface area contributed by atoms with E-state index in [1.54, 1.807) is 6.92 Å². The first kappa shape index (κ1) is 13.0. The molecule has 1 rings (SSSR count). The van der Waals surface area contributed by atoms with Crippen molar-refractivity contribution in [3.63, 3.8) is 0 Å². The third-order valence-electron chi connectivity index (χ3n) is 2.53. The number of nitrogens with zero attached hydrogens (tertiary/aromatic N) is 1. The fraction of sp³-hybridized carbons (Fsp3) is 0.333. The third kappa shape index (κ3) is 3.48. The lowest BCUT2D eigenvalue weighted by atomic mass is 10.1. The van der Waals surface area contributed by atoms with Gasteiger partial charge in [-0.2, -0.15) is 0 Å². The summed E-state index contributed by atoms with van der Waals surface area (Å²) < 4.78 is 0. The summed E-state index contributed by atoms with van der Waals surface area (Å²) in [5, 5.41) is 9.10. The van der Waals surface area contributed by atoms with E-state index < -0.39 is 18.0 Å². The standard InChI is InChI=1S/C12H16N2O3/c1-2-10(11(13)15)14(12(16)17)8-9-6-4-3-5-7-9/h3-7,10H,2,8H2,1H3,(H2,13,15)(H,16,17)/t10-/m0/s1. The SMILES string of the molecule is CC[C@@H](C(N)=O)N(Cc1ccccc1)C(=O)O. The van der Waals surface area contributed by atoms with E-state index in [1.165, 1.54) is 0 Å². The molecule has 0 heterocycles. The fourth-order valence-corrected chi connectivity index (χ4v) is 1.67. The zero-order valence-corrected chi connectivity index (χ0v) is 9.67. The van der Waals surface area contributed by atoms with Crippen LogP contribution in [0.3, 0.4) is 0 Å². The first-order valence-corrected chi connectivity index (χ1v) is 5.39. The number of hydrogen-bond donors (Lipinski definition) is 2. The third-order valence-corrected chi connectivity index (χ3v) is 2.53. The van der Waals surface area contributed by atoms with Crippen LogP contribution in [0.15, 0.2) is 30.3 Å². The summed E-state index contributed by atoms with van der Waals surface area (Å²) in [4.78, 5) is 23.4. The molecule has 0 aliphatic rings. The summed E-state index contributed by atoms with van der Waals surface area (Å²) >= 11 is 0. The minimum Gasteiger partial charge on any atom is -0.465 e. The molecular weight excluding hydrogens is 220 g/mol. The van der Waals surface area contributed by atoms with Crippen LogP contribution >= 0.6 is 0 Å². The molecule has 0 saturated carbocycles. The highest BCUT2D eigenvalue weighted by Crippen LogP contribution is 2.11. The van der Waals surface area contributed by atoms with Gasteiger partial charge < -0.3 is 10.8 Å². The number of nitrogens with two attached hydrogens (primary N) is 1. The molecule has 1 aromatic carbocycles. The fourth-order valence-electron chi connectivity index (χ4n) is 1.67. The predicted molar refractivity (Wildman–Crippen MR) is 63.3 cm³/mol. The average Bonchev–Trinajstić information content (AvgIpc) is 2.29. The maximum Gasteiger partial charge on any atom is 0.408 e. The molecule has 0 saturated heterocycles. The van der Waals surface area contributed by atoms with Crippen LogP contribution < -0.4 is 5.73 Å². The molecule has 2 amide bonds. The molecule has 0 aliphatic heterocycles. The Bertz CT molecular complexity index is 392. The largest absolute Gasteiger partial charge is 0.465 e. The van der Waals surface area contributed by atoms with E-state index in [4.69, 9.17) is 10.8 Å². The number of primary amides is 1. The van der Waals surface area contributed by atoms with Gasteiger partial charge in [0.15, 0.2) is 0 Å². The molecule has 0 bridgehead atoms. The van der Waals surface area contributed by atoms with Gasteiger partial charge in [-0.3, -0.25) is 9.69 Å². The molecule has 5 nitrogen and oxygen atoms in total. The Hall–Kier alpha value is -2.04. The molecule has 0 fully saturated rings. The maximum absolute atomic E-state index is 11.2. The number of rotatable bonds is 5. The molecule has 5 heteroatoms. The molecule has 17 heavy (non-hydrogen) atoms. The lowest BCUT2D eigenvalue weighted by Crippen LogP contribution is -2.46. The lowest BCUT2D eigenvalue weighted by molar-refractivity contribution is -0.123. The van der Waals surface area contributed by atoms with Crippen LogP contribution in [-0.4, -0.2) is 28.0 Å². The van der Waals surface area contributed by atoms with Gasteiger partial charge in [-0.25, -0.2) is 4.79 Å². The predicted octanol–water partition coefficient (Wildman–Crippen LogP) is 1.43. The second-order valence-electron chi connectivity index (χ2n) is 3.72. The highest BCUT2D eigenvalue weighted by molar-refractivity contribution is 5.83. The van der Waals surface area contributed by atoms with Crippen LogP contribution in [0.4, 0.5) is 4.79 Å². The van der Waals surface area contributed by atoms with Crippen LogP contribution in [0.25, 0.3) is 0 Å². The normalized spacial score (nSPS) is 11.8. The first-order valence-electron chi connectivity index (χ1n) is 5.39. The van der Waals surface area contributed by atoms with Gasteiger partial charge in [-0.15, -0.1) is 0 Å². The Morgan fingerprint density at radius 3 is 2.35 bits per heavy atom. The lowest BCUT2D eigenvalue weighted by Gasteiger charge is -2.26. The second kappa shape index (κ2) is 5.89. The molecule has 1 atom stereocenters. The quantitative estimate of drug-likeness (QED) is 0.811. The monoisotopic (exact) mass is 236 g/mol. The van der Waals surface area contributed by atoms with E-state index in [2.05, 4.69) is 0 Å². The summed E-state index contributed by atoms with van der Waals surface area (Å²) in [7, 11) is 0. The average molecular weight is 236 g/mol. The van der Waals surface area contributed by atoms with Gasteiger partial charge in [0.2, 0.25) is 5.91 Å². The highest BCUT2D eigenvalue weighted by atomic mass is 16.4. The van der Waals surface area contributed by atoms with Crippen molar-refractivity contribution in [2.45, 2.75) is 25.9 Å². The van der Waals surface area contributed by atoms with Gasteiger partial charge in [0, 0.05) is 6.54 Å². The van der Waals surface area contributed by atoms with Crippen LogP contribution in [0.2, 0.25) is 0 Å². The summed E-state index contributed by atoms with van der Waals surface area (Å²) in [6.45, 7) is 1.90. The van der Waals surface area contributed by atoms with Crippen LogP contribution in [0, 0.1) is 0 Å². The van der Waals surface area contributed by atoms with Crippen molar-refractivity contribution in [1.82, 2.24) is 4.90 Å². The first-order chi connectivity index (χ1) is 8.06. The summed E-state index contributed by atoms with van der Waals surface area (Å²) in [6.07, 6.45) is -0.770. The number of hydrogen-bond acceptors (Lipinski definition) is 2. The summed E-state index contributed by atoms with van der Waals surface area (Å²) in [5.41, 5.74) is 6.02. The van der Waals surface area contributed by atoms with E-state index in [-0.39, 0.29) is 6.54 Å². The number of carbonyl (C=O) groups excluding carboxylic acids is 1. The maximum atomic E-state index is 11.2. The molecule has 0 spiro atoms. The van der Waals surface area contributed by atoms with Gasteiger partial charge in [0.05, 0.1) is 0 Å². The Morgan fingerprint density at radius 2 is 1.94 bits per heavy atom. The highest BCUT2D eigenvalue weighted by Gasteiger charge is 2.26. The Kier molecular flexibility index (Phi) is 4.51. The van der Waals surface area contributed by atoms with E-state index in [1.807, 2.05) is 30.3 Å².